The number of nitrogens with one attached hydrogen (secondary N) is 1. The SMILES string of the molecule is O=C1OC(CNC(O)=S)CN1c1ccc(N2CCN(C(=S)n3ccnc3)CC2)c(F)c1. The normalized spacial score (nSPS) is 18.8. The van der Waals surface area contributed by atoms with Gasteiger partial charge in [-0.2, -0.15) is 0 Å². The first-order chi connectivity index (χ1) is 14.9. The van der Waals surface area contributed by atoms with Gasteiger partial charge in [-0.25, -0.2) is 14.2 Å². The molecule has 2 N–H and O–H groups in total. The molecule has 0 bridgehead atoms. The average Bonchev–Trinajstić information content (AvgIpc) is 3.42. The van der Waals surface area contributed by atoms with Crippen LogP contribution >= 0.6 is 24.4 Å². The number of imidazole rings is 1. The number of aliphatic hydroxyl groups excluding tert-OH is 1. The third kappa shape index (κ3) is 4.69. The first-order valence-corrected chi connectivity index (χ1v) is 10.5. The highest BCUT2D eigenvalue weighted by molar-refractivity contribution is 7.80. The van der Waals surface area contributed by atoms with Gasteiger partial charge in [-0.1, -0.05) is 0 Å². The Morgan fingerprint density at radius 3 is 2.71 bits per heavy atom. The Labute approximate surface area is 189 Å². The molecule has 1 amide bonds. The van der Waals surface area contributed by atoms with E-state index in [0.717, 1.165) is 0 Å². The first kappa shape index (κ1) is 21.2. The lowest BCUT2D eigenvalue weighted by atomic mass is 10.2. The molecule has 4 rings (SSSR count). The molecule has 9 nitrogen and oxygen atoms in total. The second-order valence-electron chi connectivity index (χ2n) is 7.16. The summed E-state index contributed by atoms with van der Waals surface area (Å²) >= 11 is 10.0. The lowest BCUT2D eigenvalue weighted by molar-refractivity contribution is 0.142. The number of rotatable bonds is 4. The van der Waals surface area contributed by atoms with Gasteiger partial charge in [0, 0.05) is 38.6 Å². The van der Waals surface area contributed by atoms with Crippen molar-refractivity contribution in [3.05, 3.63) is 42.7 Å². The summed E-state index contributed by atoms with van der Waals surface area (Å²) in [5, 5.41) is 11.9. The minimum absolute atomic E-state index is 0.184. The van der Waals surface area contributed by atoms with E-state index in [1.54, 1.807) is 35.4 Å². The molecule has 0 spiro atoms. The maximum atomic E-state index is 14.9. The van der Waals surface area contributed by atoms with Gasteiger partial charge in [-0.3, -0.25) is 9.47 Å². The molecule has 3 heterocycles. The van der Waals surface area contributed by atoms with Crippen molar-refractivity contribution >= 4 is 52.2 Å². The summed E-state index contributed by atoms with van der Waals surface area (Å²) in [6.07, 6.45) is 4.08. The molecule has 1 aromatic heterocycles. The number of aliphatic hydroxyl groups is 1. The molecule has 0 saturated carbocycles. The molecule has 164 valence electrons. The molecule has 2 aliphatic heterocycles. The Morgan fingerprint density at radius 2 is 2.06 bits per heavy atom. The summed E-state index contributed by atoms with van der Waals surface area (Å²) in [5.74, 6) is -0.408. The van der Waals surface area contributed by atoms with E-state index >= 15 is 0 Å². The zero-order valence-corrected chi connectivity index (χ0v) is 18.1. The number of amides is 1. The van der Waals surface area contributed by atoms with E-state index in [2.05, 4.69) is 27.4 Å². The van der Waals surface area contributed by atoms with Gasteiger partial charge in [0.25, 0.3) is 5.17 Å². The predicted molar refractivity (Wildman–Crippen MR) is 121 cm³/mol. The number of carbonyl (C=O) groups excluding carboxylic acids is 1. The van der Waals surface area contributed by atoms with Crippen molar-refractivity contribution in [1.82, 2.24) is 19.8 Å². The van der Waals surface area contributed by atoms with Crippen molar-refractivity contribution in [3.8, 4) is 0 Å². The van der Waals surface area contributed by atoms with Crippen LogP contribution < -0.4 is 15.1 Å². The van der Waals surface area contributed by atoms with Gasteiger partial charge in [-0.15, -0.1) is 0 Å². The quantitative estimate of drug-likeness (QED) is 0.657. The van der Waals surface area contributed by atoms with Crippen LogP contribution in [0.5, 0.6) is 0 Å². The summed E-state index contributed by atoms with van der Waals surface area (Å²) < 4.78 is 21.9. The standard InChI is InChI=1S/C19H21FN6O3S2/c20-15-9-13(26-11-14(29-19(26)28)10-22-17(27)30)1-2-16(15)23-5-7-24(8-6-23)18(31)25-4-3-21-12-25/h1-4,9,12,14H,5-8,10-11H2,(H2,22,27,30). The molecule has 2 fully saturated rings. The van der Waals surface area contributed by atoms with Crippen LogP contribution in [0.1, 0.15) is 0 Å². The second-order valence-corrected chi connectivity index (χ2v) is 7.92. The van der Waals surface area contributed by atoms with Crippen molar-refractivity contribution in [2.75, 3.05) is 49.1 Å². The minimum atomic E-state index is -0.565. The number of anilines is 2. The van der Waals surface area contributed by atoms with Crippen molar-refractivity contribution in [1.29, 1.82) is 0 Å². The molecule has 2 saturated heterocycles. The Balaban J connectivity index is 1.38. The average molecular weight is 465 g/mol. The maximum Gasteiger partial charge on any atom is 0.414 e. The Bertz CT molecular complexity index is 981. The van der Waals surface area contributed by atoms with Crippen molar-refractivity contribution in [3.63, 3.8) is 0 Å². The van der Waals surface area contributed by atoms with Gasteiger partial charge < -0.3 is 25.0 Å². The van der Waals surface area contributed by atoms with E-state index in [-0.39, 0.29) is 18.3 Å². The lowest BCUT2D eigenvalue weighted by Crippen LogP contribution is -2.50. The summed E-state index contributed by atoms with van der Waals surface area (Å²) in [7, 11) is 0. The Morgan fingerprint density at radius 1 is 1.29 bits per heavy atom. The van der Waals surface area contributed by atoms with Crippen LogP contribution in [-0.2, 0) is 4.74 Å². The highest BCUT2D eigenvalue weighted by Gasteiger charge is 2.33. The maximum absolute atomic E-state index is 14.9. The number of hydrogen-bond acceptors (Lipinski definition) is 6. The molecule has 1 aromatic carbocycles. The zero-order chi connectivity index (χ0) is 22.0. The molecular formula is C19H21FN6O3S2. The largest absolute Gasteiger partial charge is 0.487 e. The fourth-order valence-electron chi connectivity index (χ4n) is 3.63. The van der Waals surface area contributed by atoms with E-state index < -0.39 is 18.0 Å². The van der Waals surface area contributed by atoms with Crippen LogP contribution in [0.4, 0.5) is 20.6 Å². The number of piperazine rings is 1. The lowest BCUT2D eigenvalue weighted by Gasteiger charge is -2.37. The molecule has 1 unspecified atom stereocenters. The topological polar surface area (TPSA) is 86.1 Å². The third-order valence-corrected chi connectivity index (χ3v) is 5.83. The van der Waals surface area contributed by atoms with E-state index in [1.807, 2.05) is 4.90 Å². The number of aromatic nitrogens is 2. The smallest absolute Gasteiger partial charge is 0.414 e. The molecule has 1 atom stereocenters. The van der Waals surface area contributed by atoms with Crippen LogP contribution in [0.15, 0.2) is 36.9 Å². The number of nitrogens with zero attached hydrogens (tertiary/aromatic N) is 5. The summed E-state index contributed by atoms with van der Waals surface area (Å²) in [6.45, 7) is 2.98. The van der Waals surface area contributed by atoms with Crippen LogP contribution in [0.25, 0.3) is 0 Å². The van der Waals surface area contributed by atoms with Crippen LogP contribution in [-0.4, -0.2) is 81.3 Å². The number of carbonyl (C=O) groups is 1. The number of hydrogen-bond donors (Lipinski definition) is 2. The van der Waals surface area contributed by atoms with E-state index in [0.29, 0.717) is 42.7 Å². The van der Waals surface area contributed by atoms with Crippen molar-refractivity contribution < 1.29 is 19.0 Å². The Kier molecular flexibility index (Phi) is 6.18. The van der Waals surface area contributed by atoms with Crippen LogP contribution in [0.2, 0.25) is 0 Å². The fraction of sp³-hybridized carbons (Fsp3) is 0.368. The van der Waals surface area contributed by atoms with Gasteiger partial charge >= 0.3 is 6.09 Å². The summed E-state index contributed by atoms with van der Waals surface area (Å²) in [6, 6.07) is 4.72. The van der Waals surface area contributed by atoms with Gasteiger partial charge in [-0.05, 0) is 42.6 Å². The molecule has 2 aromatic rings. The summed E-state index contributed by atoms with van der Waals surface area (Å²) in [5.41, 5.74) is 0.897. The van der Waals surface area contributed by atoms with Gasteiger partial charge in [0.1, 0.15) is 18.2 Å². The number of halogens is 1. The van der Waals surface area contributed by atoms with Gasteiger partial charge in [0.05, 0.1) is 24.5 Å². The van der Waals surface area contributed by atoms with Crippen molar-refractivity contribution in [2.45, 2.75) is 6.10 Å². The second kappa shape index (κ2) is 9.02. The molecule has 12 heteroatoms. The highest BCUT2D eigenvalue weighted by atomic mass is 32.1. The van der Waals surface area contributed by atoms with Crippen molar-refractivity contribution in [2.24, 2.45) is 0 Å². The minimum Gasteiger partial charge on any atom is -0.487 e. The molecule has 0 radical (unpaired) electrons. The number of thiocarbonyl (C=S) groups is 2. The highest BCUT2D eigenvalue weighted by Crippen LogP contribution is 2.28. The Hall–Kier alpha value is -2.99. The zero-order valence-electron chi connectivity index (χ0n) is 16.5. The van der Waals surface area contributed by atoms with E-state index in [9.17, 15) is 9.18 Å². The summed E-state index contributed by atoms with van der Waals surface area (Å²) in [4.78, 5) is 21.5. The monoisotopic (exact) mass is 464 g/mol. The van der Waals surface area contributed by atoms with Gasteiger partial charge in [0.15, 0.2) is 5.11 Å². The molecular weight excluding hydrogens is 443 g/mol. The molecule has 31 heavy (non-hydrogen) atoms. The first-order valence-electron chi connectivity index (χ1n) is 9.69. The van der Waals surface area contributed by atoms with E-state index in [1.165, 1.54) is 11.0 Å². The number of cyclic esters (lactones) is 1. The molecule has 2 aliphatic rings. The van der Waals surface area contributed by atoms with Crippen LogP contribution in [0, 0.1) is 5.82 Å². The predicted octanol–water partition coefficient (Wildman–Crippen LogP) is 1.74. The third-order valence-electron chi connectivity index (χ3n) is 5.21. The molecule has 0 aliphatic carbocycles. The van der Waals surface area contributed by atoms with E-state index in [4.69, 9.17) is 22.1 Å². The number of benzene rings is 1. The van der Waals surface area contributed by atoms with Crippen LogP contribution in [0.3, 0.4) is 0 Å². The number of ether oxygens (including phenoxy) is 1. The fourth-order valence-corrected chi connectivity index (χ4v) is 4.01. The van der Waals surface area contributed by atoms with Gasteiger partial charge in [0.2, 0.25) is 0 Å².